The van der Waals surface area contributed by atoms with Crippen molar-refractivity contribution < 1.29 is 22.5 Å². The SMILES string of the molecule is CC(c1nc(-c2ccccc2)no1)N1CCN(C(=O)c2ccc(C(F)(F)F)cc2)CC1. The second-order valence-electron chi connectivity index (χ2n) is 7.40. The molecule has 6 nitrogen and oxygen atoms in total. The summed E-state index contributed by atoms with van der Waals surface area (Å²) in [5, 5.41) is 4.05. The molecule has 162 valence electrons. The number of benzene rings is 2. The summed E-state index contributed by atoms with van der Waals surface area (Å²) in [5.74, 6) is 0.755. The van der Waals surface area contributed by atoms with Gasteiger partial charge < -0.3 is 9.42 Å². The van der Waals surface area contributed by atoms with Crippen molar-refractivity contribution in [3.8, 4) is 11.4 Å². The van der Waals surface area contributed by atoms with Gasteiger partial charge in [0.25, 0.3) is 5.91 Å². The van der Waals surface area contributed by atoms with Crippen molar-refractivity contribution in [3.63, 3.8) is 0 Å². The van der Waals surface area contributed by atoms with Crippen molar-refractivity contribution in [2.75, 3.05) is 26.2 Å². The second kappa shape index (κ2) is 8.50. The van der Waals surface area contributed by atoms with Crippen LogP contribution in [0.1, 0.15) is 34.8 Å². The average molecular weight is 430 g/mol. The summed E-state index contributed by atoms with van der Waals surface area (Å²) in [6.45, 7) is 4.08. The second-order valence-corrected chi connectivity index (χ2v) is 7.40. The first kappa shape index (κ1) is 21.0. The van der Waals surface area contributed by atoms with Crippen molar-refractivity contribution in [2.24, 2.45) is 0 Å². The topological polar surface area (TPSA) is 62.5 Å². The van der Waals surface area contributed by atoms with E-state index in [0.29, 0.717) is 37.9 Å². The van der Waals surface area contributed by atoms with Crippen LogP contribution in [0.25, 0.3) is 11.4 Å². The highest BCUT2D eigenvalue weighted by Crippen LogP contribution is 2.29. The van der Waals surface area contributed by atoms with Crippen LogP contribution in [-0.2, 0) is 6.18 Å². The Balaban J connectivity index is 1.36. The van der Waals surface area contributed by atoms with Crippen LogP contribution in [-0.4, -0.2) is 52.0 Å². The minimum absolute atomic E-state index is 0.117. The molecule has 0 spiro atoms. The van der Waals surface area contributed by atoms with Crippen LogP contribution in [0.3, 0.4) is 0 Å². The molecule has 4 rings (SSSR count). The molecule has 1 fully saturated rings. The Hall–Kier alpha value is -3.20. The molecule has 1 aliphatic heterocycles. The van der Waals surface area contributed by atoms with Gasteiger partial charge in [-0.05, 0) is 31.2 Å². The maximum absolute atomic E-state index is 12.7. The number of amides is 1. The van der Waals surface area contributed by atoms with Gasteiger partial charge in [-0.3, -0.25) is 9.69 Å². The lowest BCUT2D eigenvalue weighted by molar-refractivity contribution is -0.137. The molecule has 3 aromatic rings. The molecule has 1 aromatic heterocycles. The standard InChI is InChI=1S/C22H21F3N4O2/c1-15(20-26-19(27-31-20)16-5-3-2-4-6-16)28-11-13-29(14-12-28)21(30)17-7-9-18(10-8-17)22(23,24)25/h2-10,15H,11-14H2,1H3. The summed E-state index contributed by atoms with van der Waals surface area (Å²) >= 11 is 0. The van der Waals surface area contributed by atoms with Gasteiger partial charge in [0, 0.05) is 37.3 Å². The number of halogens is 3. The Morgan fingerprint density at radius 2 is 1.65 bits per heavy atom. The molecule has 31 heavy (non-hydrogen) atoms. The molecular weight excluding hydrogens is 409 g/mol. The molecule has 2 heterocycles. The van der Waals surface area contributed by atoms with E-state index in [1.165, 1.54) is 12.1 Å². The van der Waals surface area contributed by atoms with E-state index in [9.17, 15) is 18.0 Å². The molecule has 1 amide bonds. The van der Waals surface area contributed by atoms with Gasteiger partial charge in [-0.2, -0.15) is 18.2 Å². The highest BCUT2D eigenvalue weighted by Gasteiger charge is 2.31. The van der Waals surface area contributed by atoms with E-state index in [4.69, 9.17) is 4.52 Å². The lowest BCUT2D eigenvalue weighted by atomic mass is 10.1. The van der Waals surface area contributed by atoms with Crippen LogP contribution in [0, 0.1) is 0 Å². The van der Waals surface area contributed by atoms with Crippen molar-refractivity contribution in [3.05, 3.63) is 71.6 Å². The zero-order valence-electron chi connectivity index (χ0n) is 16.8. The Morgan fingerprint density at radius 3 is 2.26 bits per heavy atom. The summed E-state index contributed by atoms with van der Waals surface area (Å²) in [4.78, 5) is 20.9. The third-order valence-electron chi connectivity index (χ3n) is 5.44. The van der Waals surface area contributed by atoms with Crippen molar-refractivity contribution >= 4 is 5.91 Å². The molecule has 0 radical (unpaired) electrons. The average Bonchev–Trinajstić information content (AvgIpc) is 3.29. The first-order valence-corrected chi connectivity index (χ1v) is 9.92. The van der Waals surface area contributed by atoms with E-state index in [2.05, 4.69) is 15.0 Å². The highest BCUT2D eigenvalue weighted by atomic mass is 19.4. The molecule has 0 aliphatic carbocycles. The van der Waals surface area contributed by atoms with E-state index >= 15 is 0 Å². The number of hydrogen-bond acceptors (Lipinski definition) is 5. The molecule has 1 atom stereocenters. The maximum Gasteiger partial charge on any atom is 0.416 e. The lowest BCUT2D eigenvalue weighted by Crippen LogP contribution is -2.49. The van der Waals surface area contributed by atoms with Gasteiger partial charge in [-0.1, -0.05) is 35.5 Å². The monoisotopic (exact) mass is 430 g/mol. The Labute approximate surface area is 177 Å². The van der Waals surface area contributed by atoms with E-state index in [0.717, 1.165) is 17.7 Å². The smallest absolute Gasteiger partial charge is 0.337 e. The van der Waals surface area contributed by atoms with Crippen molar-refractivity contribution in [1.29, 1.82) is 0 Å². The van der Waals surface area contributed by atoms with Crippen LogP contribution in [0.5, 0.6) is 0 Å². The first-order chi connectivity index (χ1) is 14.8. The number of aromatic nitrogens is 2. The number of piperazine rings is 1. The fraction of sp³-hybridized carbons (Fsp3) is 0.318. The molecule has 0 bridgehead atoms. The van der Waals surface area contributed by atoms with Gasteiger partial charge in [0.2, 0.25) is 11.7 Å². The Morgan fingerprint density at radius 1 is 1.00 bits per heavy atom. The van der Waals surface area contributed by atoms with Gasteiger partial charge in [0.15, 0.2) is 0 Å². The zero-order valence-corrected chi connectivity index (χ0v) is 16.8. The third-order valence-corrected chi connectivity index (χ3v) is 5.44. The summed E-state index contributed by atoms with van der Waals surface area (Å²) in [6, 6.07) is 13.7. The minimum atomic E-state index is -4.42. The number of hydrogen-bond donors (Lipinski definition) is 0. The zero-order chi connectivity index (χ0) is 22.0. The lowest BCUT2D eigenvalue weighted by Gasteiger charge is -2.36. The van der Waals surface area contributed by atoms with Crippen LogP contribution in [0.15, 0.2) is 59.1 Å². The van der Waals surface area contributed by atoms with Gasteiger partial charge in [-0.15, -0.1) is 0 Å². The van der Waals surface area contributed by atoms with Gasteiger partial charge in [-0.25, -0.2) is 0 Å². The maximum atomic E-state index is 12.7. The fourth-order valence-electron chi connectivity index (χ4n) is 3.56. The third kappa shape index (κ3) is 4.61. The summed E-state index contributed by atoms with van der Waals surface area (Å²) in [5.41, 5.74) is 0.354. The number of alkyl halides is 3. The van der Waals surface area contributed by atoms with Crippen LogP contribution >= 0.6 is 0 Å². The minimum Gasteiger partial charge on any atom is -0.337 e. The van der Waals surface area contributed by atoms with Crippen LogP contribution in [0.4, 0.5) is 13.2 Å². The normalized spacial score (nSPS) is 16.3. The molecule has 9 heteroatoms. The van der Waals surface area contributed by atoms with E-state index in [1.807, 2.05) is 37.3 Å². The van der Waals surface area contributed by atoms with Gasteiger partial charge >= 0.3 is 6.18 Å². The van der Waals surface area contributed by atoms with Crippen LogP contribution in [0.2, 0.25) is 0 Å². The number of nitrogens with zero attached hydrogens (tertiary/aromatic N) is 4. The Bertz CT molecular complexity index is 1030. The van der Waals surface area contributed by atoms with E-state index in [-0.39, 0.29) is 17.5 Å². The molecule has 2 aromatic carbocycles. The molecule has 0 saturated carbocycles. The highest BCUT2D eigenvalue weighted by molar-refractivity contribution is 5.94. The van der Waals surface area contributed by atoms with E-state index < -0.39 is 11.7 Å². The first-order valence-electron chi connectivity index (χ1n) is 9.92. The number of carbonyl (C=O) groups is 1. The quantitative estimate of drug-likeness (QED) is 0.619. The fourth-order valence-corrected chi connectivity index (χ4v) is 3.56. The summed E-state index contributed by atoms with van der Waals surface area (Å²) in [6.07, 6.45) is -4.42. The summed E-state index contributed by atoms with van der Waals surface area (Å²) < 4.78 is 43.6. The molecule has 1 unspecified atom stereocenters. The molecule has 1 saturated heterocycles. The summed E-state index contributed by atoms with van der Waals surface area (Å²) in [7, 11) is 0. The van der Waals surface area contributed by atoms with Crippen molar-refractivity contribution in [1.82, 2.24) is 19.9 Å². The Kier molecular flexibility index (Phi) is 5.77. The predicted octanol–water partition coefficient (Wildman–Crippen LogP) is 4.27. The number of rotatable bonds is 4. The van der Waals surface area contributed by atoms with Crippen molar-refractivity contribution in [2.45, 2.75) is 19.1 Å². The van der Waals surface area contributed by atoms with Gasteiger partial charge in [0.1, 0.15) is 0 Å². The van der Waals surface area contributed by atoms with E-state index in [1.54, 1.807) is 4.90 Å². The predicted molar refractivity (Wildman–Crippen MR) is 107 cm³/mol. The number of carbonyl (C=O) groups excluding carboxylic acids is 1. The van der Waals surface area contributed by atoms with Gasteiger partial charge in [0.05, 0.1) is 11.6 Å². The van der Waals surface area contributed by atoms with Crippen LogP contribution < -0.4 is 0 Å². The molecule has 1 aliphatic rings. The largest absolute Gasteiger partial charge is 0.416 e. The molecule has 0 N–H and O–H groups in total. The molecular formula is C22H21F3N4O2.